The van der Waals surface area contributed by atoms with Crippen LogP contribution in [0.25, 0.3) is 0 Å². The molecule has 0 saturated carbocycles. The molecule has 4 heteroatoms. The van der Waals surface area contributed by atoms with Gasteiger partial charge in [-0.15, -0.1) is 0 Å². The van der Waals surface area contributed by atoms with Crippen molar-refractivity contribution in [1.82, 2.24) is 0 Å². The number of hydrogen-bond acceptors (Lipinski definition) is 4. The second-order valence-electron chi connectivity index (χ2n) is 5.27. The van der Waals surface area contributed by atoms with Crippen molar-refractivity contribution in [2.75, 3.05) is 19.8 Å². The van der Waals surface area contributed by atoms with Crippen LogP contribution in [-0.2, 0) is 14.2 Å². The summed E-state index contributed by atoms with van der Waals surface area (Å²) in [6.45, 7) is 7.99. The van der Waals surface area contributed by atoms with Crippen molar-refractivity contribution in [3.05, 3.63) is 0 Å². The summed E-state index contributed by atoms with van der Waals surface area (Å²) in [5, 5.41) is 9.27. The van der Waals surface area contributed by atoms with E-state index in [9.17, 15) is 5.26 Å². The van der Waals surface area contributed by atoms with Gasteiger partial charge in [0.15, 0.2) is 0 Å². The Morgan fingerprint density at radius 1 is 1.25 bits per heavy atom. The van der Waals surface area contributed by atoms with Crippen LogP contribution in [0, 0.1) is 28.6 Å². The van der Waals surface area contributed by atoms with Gasteiger partial charge in [-0.1, -0.05) is 27.2 Å². The summed E-state index contributed by atoms with van der Waals surface area (Å²) in [7, 11) is 0. The van der Waals surface area contributed by atoms with Crippen molar-refractivity contribution in [2.45, 2.75) is 33.2 Å². The van der Waals surface area contributed by atoms with Gasteiger partial charge in [0.2, 0.25) is 0 Å². The fourth-order valence-electron chi connectivity index (χ4n) is 2.13. The molecule has 2 atom stereocenters. The van der Waals surface area contributed by atoms with E-state index in [4.69, 9.17) is 14.2 Å². The molecule has 0 N–H and O–H groups in total. The zero-order chi connectivity index (χ0) is 11.8. The van der Waals surface area contributed by atoms with Crippen molar-refractivity contribution in [3.63, 3.8) is 0 Å². The summed E-state index contributed by atoms with van der Waals surface area (Å²) in [5.41, 5.74) is -0.0444. The molecule has 3 heterocycles. The minimum Gasteiger partial charge on any atom is -0.326 e. The second-order valence-corrected chi connectivity index (χ2v) is 5.27. The molecule has 0 spiro atoms. The lowest BCUT2D eigenvalue weighted by Gasteiger charge is -2.52. The molecule has 3 aliphatic heterocycles. The first-order valence-electron chi connectivity index (χ1n) is 5.87. The first kappa shape index (κ1) is 11.8. The van der Waals surface area contributed by atoms with Crippen molar-refractivity contribution >= 4 is 0 Å². The summed E-state index contributed by atoms with van der Waals surface area (Å²) in [4.78, 5) is 0. The van der Waals surface area contributed by atoms with Gasteiger partial charge in [0.25, 0.3) is 5.97 Å². The molecular formula is C12H19NO3. The van der Waals surface area contributed by atoms with E-state index in [2.05, 4.69) is 19.9 Å². The Kier molecular flexibility index (Phi) is 2.95. The molecule has 0 aromatic rings. The quantitative estimate of drug-likeness (QED) is 0.736. The first-order valence-corrected chi connectivity index (χ1v) is 5.87. The summed E-state index contributed by atoms with van der Waals surface area (Å²) >= 11 is 0. The highest BCUT2D eigenvalue weighted by Gasteiger charge is 2.56. The molecule has 3 fully saturated rings. The average Bonchev–Trinajstić information content (AvgIpc) is 2.31. The summed E-state index contributed by atoms with van der Waals surface area (Å²) in [6.07, 6.45) is 0.910. The van der Waals surface area contributed by atoms with E-state index in [1.165, 1.54) is 0 Å². The van der Waals surface area contributed by atoms with Gasteiger partial charge in [-0.05, 0) is 5.92 Å². The molecule has 3 saturated heterocycles. The fourth-order valence-corrected chi connectivity index (χ4v) is 2.13. The van der Waals surface area contributed by atoms with Gasteiger partial charge >= 0.3 is 0 Å². The third kappa shape index (κ3) is 1.73. The number of hydrogen-bond donors (Lipinski definition) is 0. The van der Waals surface area contributed by atoms with Gasteiger partial charge < -0.3 is 14.2 Å². The summed E-state index contributed by atoms with van der Waals surface area (Å²) in [5.74, 6) is -1.27. The topological polar surface area (TPSA) is 51.5 Å². The van der Waals surface area contributed by atoms with Gasteiger partial charge in [0.1, 0.15) is 5.92 Å². The molecule has 0 aromatic carbocycles. The standard InChI is InChI=1S/C12H19NO3/c1-4-9(2)10(5-13)12-14-6-11(3,7-15-12)8-16-12/h9-10H,4,6-8H2,1-3H3/t9-,10-,11?,12?/m0/s1. The Morgan fingerprint density at radius 2 is 1.75 bits per heavy atom. The lowest BCUT2D eigenvalue weighted by atomic mass is 9.86. The first-order chi connectivity index (χ1) is 7.55. The van der Waals surface area contributed by atoms with Gasteiger partial charge in [0, 0.05) is 5.41 Å². The fraction of sp³-hybridized carbons (Fsp3) is 0.917. The van der Waals surface area contributed by atoms with E-state index in [1.54, 1.807) is 0 Å². The Bertz CT molecular complexity index is 285. The van der Waals surface area contributed by atoms with Crippen LogP contribution in [0.15, 0.2) is 0 Å². The maximum atomic E-state index is 9.27. The van der Waals surface area contributed by atoms with Crippen LogP contribution < -0.4 is 0 Å². The minimum atomic E-state index is -1.11. The Hall–Kier alpha value is -0.630. The van der Waals surface area contributed by atoms with Crippen molar-refractivity contribution < 1.29 is 14.2 Å². The van der Waals surface area contributed by atoms with Gasteiger partial charge in [-0.2, -0.15) is 5.26 Å². The van der Waals surface area contributed by atoms with Crippen LogP contribution in [0.5, 0.6) is 0 Å². The predicted octanol–water partition coefficient (Wildman–Crippen LogP) is 1.91. The van der Waals surface area contributed by atoms with E-state index < -0.39 is 5.97 Å². The molecule has 16 heavy (non-hydrogen) atoms. The number of nitriles is 1. The van der Waals surface area contributed by atoms with Gasteiger partial charge in [-0.3, -0.25) is 0 Å². The van der Waals surface area contributed by atoms with Crippen LogP contribution in [0.3, 0.4) is 0 Å². The van der Waals surface area contributed by atoms with Crippen LogP contribution in [0.2, 0.25) is 0 Å². The number of nitrogens with zero attached hydrogens (tertiary/aromatic N) is 1. The largest absolute Gasteiger partial charge is 0.326 e. The monoisotopic (exact) mass is 225 g/mol. The van der Waals surface area contributed by atoms with Crippen molar-refractivity contribution in [1.29, 1.82) is 5.26 Å². The maximum Gasteiger partial charge on any atom is 0.300 e. The molecule has 0 unspecified atom stereocenters. The van der Waals surface area contributed by atoms with Crippen molar-refractivity contribution in [3.8, 4) is 6.07 Å². The van der Waals surface area contributed by atoms with Crippen LogP contribution in [0.1, 0.15) is 27.2 Å². The molecule has 2 bridgehead atoms. The van der Waals surface area contributed by atoms with Crippen LogP contribution >= 0.6 is 0 Å². The van der Waals surface area contributed by atoms with E-state index in [0.29, 0.717) is 19.8 Å². The summed E-state index contributed by atoms with van der Waals surface area (Å²) < 4.78 is 17.0. The van der Waals surface area contributed by atoms with Crippen LogP contribution in [0.4, 0.5) is 0 Å². The third-order valence-corrected chi connectivity index (χ3v) is 3.60. The molecule has 0 radical (unpaired) electrons. The molecule has 0 aliphatic carbocycles. The molecule has 3 aliphatic rings. The maximum absolute atomic E-state index is 9.27. The van der Waals surface area contributed by atoms with E-state index >= 15 is 0 Å². The zero-order valence-corrected chi connectivity index (χ0v) is 10.2. The average molecular weight is 225 g/mol. The number of rotatable bonds is 3. The lowest BCUT2D eigenvalue weighted by molar-refractivity contribution is -0.481. The smallest absolute Gasteiger partial charge is 0.300 e. The highest BCUT2D eigenvalue weighted by molar-refractivity contribution is 4.98. The van der Waals surface area contributed by atoms with E-state index in [-0.39, 0.29) is 17.3 Å². The zero-order valence-electron chi connectivity index (χ0n) is 10.2. The third-order valence-electron chi connectivity index (χ3n) is 3.60. The number of fused-ring (bicyclic) bond motifs is 3. The molecule has 0 amide bonds. The Balaban J connectivity index is 2.17. The Morgan fingerprint density at radius 3 is 2.12 bits per heavy atom. The molecule has 90 valence electrons. The van der Waals surface area contributed by atoms with E-state index in [0.717, 1.165) is 6.42 Å². The second kappa shape index (κ2) is 3.99. The molecular weight excluding hydrogens is 206 g/mol. The molecule has 0 aromatic heterocycles. The summed E-state index contributed by atoms with van der Waals surface area (Å²) in [6, 6.07) is 2.28. The van der Waals surface area contributed by atoms with Crippen LogP contribution in [-0.4, -0.2) is 25.8 Å². The molecule has 4 nitrogen and oxygen atoms in total. The van der Waals surface area contributed by atoms with Gasteiger partial charge in [-0.25, -0.2) is 0 Å². The highest BCUT2D eigenvalue weighted by atomic mass is 16.9. The predicted molar refractivity (Wildman–Crippen MR) is 57.3 cm³/mol. The SMILES string of the molecule is CC[C@H](C)[C@H](C#N)C12OCC(C)(CO1)CO2. The minimum absolute atomic E-state index is 0.0444. The number of ether oxygens (including phenoxy) is 3. The lowest BCUT2D eigenvalue weighted by Crippen LogP contribution is -2.62. The molecule has 3 rings (SSSR count). The van der Waals surface area contributed by atoms with Gasteiger partial charge in [0.05, 0.1) is 25.9 Å². The normalized spacial score (nSPS) is 41.4. The van der Waals surface area contributed by atoms with E-state index in [1.807, 2.05) is 6.92 Å². The van der Waals surface area contributed by atoms with Crippen molar-refractivity contribution in [2.24, 2.45) is 17.3 Å². The Labute approximate surface area is 96.5 Å². The highest BCUT2D eigenvalue weighted by Crippen LogP contribution is 2.44.